The van der Waals surface area contributed by atoms with Crippen LogP contribution in [0.25, 0.3) is 0 Å². The van der Waals surface area contributed by atoms with E-state index in [0.717, 1.165) is 3.57 Å². The summed E-state index contributed by atoms with van der Waals surface area (Å²) >= 11 is 2.16. The van der Waals surface area contributed by atoms with E-state index in [4.69, 9.17) is 9.84 Å². The molecule has 17 heavy (non-hydrogen) atoms. The summed E-state index contributed by atoms with van der Waals surface area (Å²) in [5.41, 5.74) is -0.0913. The zero-order valence-electron chi connectivity index (χ0n) is 8.63. The summed E-state index contributed by atoms with van der Waals surface area (Å²) < 4.78 is 6.52. The van der Waals surface area contributed by atoms with E-state index in [-0.39, 0.29) is 11.4 Å². The highest BCUT2D eigenvalue weighted by Crippen LogP contribution is 2.24. The summed E-state index contributed by atoms with van der Waals surface area (Å²) in [6.45, 7) is 0. The van der Waals surface area contributed by atoms with Crippen LogP contribution in [0.2, 0.25) is 0 Å². The molecule has 0 saturated heterocycles. The molecule has 0 fully saturated rings. The van der Waals surface area contributed by atoms with Crippen molar-refractivity contribution in [2.45, 2.75) is 0 Å². The third-order valence-electron chi connectivity index (χ3n) is 2.00. The lowest BCUT2D eigenvalue weighted by Gasteiger charge is -2.07. The van der Waals surface area contributed by atoms with Gasteiger partial charge >= 0.3 is 5.97 Å². The molecule has 0 aliphatic heterocycles. The van der Waals surface area contributed by atoms with Crippen molar-refractivity contribution in [3.05, 3.63) is 51.9 Å². The molecular formula is C12H8INO3. The molecule has 0 unspecified atom stereocenters. The Morgan fingerprint density at radius 1 is 1.29 bits per heavy atom. The average molecular weight is 341 g/mol. The van der Waals surface area contributed by atoms with E-state index in [1.165, 1.54) is 6.20 Å². The molecule has 4 nitrogen and oxygen atoms in total. The predicted octanol–water partition coefficient (Wildman–Crippen LogP) is 3.18. The number of aromatic carboxylic acids is 1. The monoisotopic (exact) mass is 341 g/mol. The highest BCUT2D eigenvalue weighted by molar-refractivity contribution is 14.1. The van der Waals surface area contributed by atoms with E-state index in [0.29, 0.717) is 5.75 Å². The van der Waals surface area contributed by atoms with E-state index in [1.807, 2.05) is 18.2 Å². The Labute approximate surface area is 111 Å². The normalized spacial score (nSPS) is 9.94. The second-order valence-electron chi connectivity index (χ2n) is 3.21. The number of hydrogen-bond donors (Lipinski definition) is 1. The van der Waals surface area contributed by atoms with E-state index in [2.05, 4.69) is 27.6 Å². The van der Waals surface area contributed by atoms with Crippen LogP contribution in [0.15, 0.2) is 42.6 Å². The van der Waals surface area contributed by atoms with Crippen LogP contribution in [0.4, 0.5) is 0 Å². The quantitative estimate of drug-likeness (QED) is 0.872. The van der Waals surface area contributed by atoms with Crippen molar-refractivity contribution in [3.8, 4) is 11.5 Å². The first-order chi connectivity index (χ1) is 8.16. The van der Waals surface area contributed by atoms with E-state index >= 15 is 0 Å². The molecule has 1 aromatic heterocycles. The van der Waals surface area contributed by atoms with Crippen LogP contribution in [0.3, 0.4) is 0 Å². The van der Waals surface area contributed by atoms with Crippen molar-refractivity contribution in [1.29, 1.82) is 0 Å². The molecule has 2 rings (SSSR count). The van der Waals surface area contributed by atoms with Crippen LogP contribution in [0, 0.1) is 3.57 Å². The van der Waals surface area contributed by atoms with Gasteiger partial charge in [-0.1, -0.05) is 6.07 Å². The van der Waals surface area contributed by atoms with Crippen LogP contribution < -0.4 is 4.74 Å². The Morgan fingerprint density at radius 3 is 2.82 bits per heavy atom. The maximum atomic E-state index is 10.9. The fourth-order valence-corrected chi connectivity index (χ4v) is 1.81. The fourth-order valence-electron chi connectivity index (χ4n) is 1.29. The molecule has 0 spiro atoms. The largest absolute Gasteiger partial charge is 0.476 e. The summed E-state index contributed by atoms with van der Waals surface area (Å²) in [5, 5.41) is 8.95. The van der Waals surface area contributed by atoms with E-state index in [9.17, 15) is 4.79 Å². The van der Waals surface area contributed by atoms with E-state index in [1.54, 1.807) is 18.2 Å². The molecule has 0 bridgehead atoms. The van der Waals surface area contributed by atoms with Gasteiger partial charge in [-0.25, -0.2) is 9.78 Å². The lowest BCUT2D eigenvalue weighted by Crippen LogP contribution is -2.02. The molecule has 0 amide bonds. The lowest BCUT2D eigenvalue weighted by molar-refractivity contribution is 0.0687. The zero-order valence-corrected chi connectivity index (χ0v) is 10.8. The number of benzene rings is 1. The molecule has 0 atom stereocenters. The molecular weight excluding hydrogens is 333 g/mol. The Morgan fingerprint density at radius 2 is 2.12 bits per heavy atom. The minimum atomic E-state index is -1.11. The van der Waals surface area contributed by atoms with E-state index < -0.39 is 5.97 Å². The number of ether oxygens (including phenoxy) is 1. The third kappa shape index (κ3) is 2.94. The van der Waals surface area contributed by atoms with Crippen LogP contribution in [-0.4, -0.2) is 16.1 Å². The summed E-state index contributed by atoms with van der Waals surface area (Å²) in [6.07, 6.45) is 1.42. The van der Waals surface area contributed by atoms with Crippen LogP contribution in [0.5, 0.6) is 11.5 Å². The summed E-state index contributed by atoms with van der Waals surface area (Å²) in [7, 11) is 0. The van der Waals surface area contributed by atoms with Crippen LogP contribution in [0.1, 0.15) is 10.5 Å². The standard InChI is InChI=1S/C12H8INO3/c13-8-3-1-4-9(7-8)17-10-5-2-6-14-11(10)12(15)16/h1-7H,(H,15,16). The van der Waals surface area contributed by atoms with Gasteiger partial charge in [-0.3, -0.25) is 0 Å². The first kappa shape index (κ1) is 11.8. The Hall–Kier alpha value is -1.63. The number of halogens is 1. The Kier molecular flexibility index (Phi) is 3.58. The molecule has 0 aliphatic carbocycles. The second kappa shape index (κ2) is 5.13. The van der Waals surface area contributed by atoms with Gasteiger partial charge in [0.05, 0.1) is 0 Å². The smallest absolute Gasteiger partial charge is 0.358 e. The summed E-state index contributed by atoms with van der Waals surface area (Å²) in [4.78, 5) is 14.7. The minimum absolute atomic E-state index is 0.0913. The van der Waals surface area contributed by atoms with Crippen LogP contribution >= 0.6 is 22.6 Å². The van der Waals surface area contributed by atoms with Crippen molar-refractivity contribution in [3.63, 3.8) is 0 Å². The first-order valence-electron chi connectivity index (χ1n) is 4.78. The zero-order chi connectivity index (χ0) is 12.3. The highest BCUT2D eigenvalue weighted by atomic mass is 127. The number of hydrogen-bond acceptors (Lipinski definition) is 3. The second-order valence-corrected chi connectivity index (χ2v) is 4.46. The molecule has 0 saturated carbocycles. The molecule has 1 N–H and O–H groups in total. The molecule has 1 heterocycles. The lowest BCUT2D eigenvalue weighted by atomic mass is 10.3. The number of carboxylic acids is 1. The molecule has 0 radical (unpaired) electrons. The Balaban J connectivity index is 2.33. The van der Waals surface area contributed by atoms with Gasteiger partial charge in [0, 0.05) is 9.77 Å². The van der Waals surface area contributed by atoms with Crippen molar-refractivity contribution in [2.24, 2.45) is 0 Å². The number of aromatic nitrogens is 1. The maximum absolute atomic E-state index is 10.9. The number of rotatable bonds is 3. The summed E-state index contributed by atoms with van der Waals surface area (Å²) in [6, 6.07) is 10.6. The fraction of sp³-hybridized carbons (Fsp3) is 0. The van der Waals surface area contributed by atoms with Gasteiger partial charge in [0.1, 0.15) is 5.75 Å². The Bertz CT molecular complexity index is 557. The molecule has 86 valence electrons. The summed E-state index contributed by atoms with van der Waals surface area (Å²) in [5.74, 6) is -0.277. The molecule has 0 aliphatic rings. The minimum Gasteiger partial charge on any atom is -0.476 e. The van der Waals surface area contributed by atoms with Gasteiger partial charge in [0.2, 0.25) is 0 Å². The third-order valence-corrected chi connectivity index (χ3v) is 2.67. The number of carboxylic acid groups (broad SMARTS) is 1. The van der Waals surface area contributed by atoms with Crippen LogP contribution in [-0.2, 0) is 0 Å². The first-order valence-corrected chi connectivity index (χ1v) is 5.86. The molecule has 5 heteroatoms. The average Bonchev–Trinajstić information content (AvgIpc) is 2.29. The predicted molar refractivity (Wildman–Crippen MR) is 70.4 cm³/mol. The van der Waals surface area contributed by atoms with Gasteiger partial charge in [-0.2, -0.15) is 0 Å². The highest BCUT2D eigenvalue weighted by Gasteiger charge is 2.12. The van der Waals surface area contributed by atoms with Gasteiger partial charge in [0.25, 0.3) is 0 Å². The molecule has 2 aromatic rings. The van der Waals surface area contributed by atoms with Gasteiger partial charge in [-0.15, -0.1) is 0 Å². The van der Waals surface area contributed by atoms with Crippen molar-refractivity contribution in [2.75, 3.05) is 0 Å². The van der Waals surface area contributed by atoms with Gasteiger partial charge in [-0.05, 0) is 52.9 Å². The van der Waals surface area contributed by atoms with Crippen molar-refractivity contribution >= 4 is 28.6 Å². The van der Waals surface area contributed by atoms with Gasteiger partial charge in [0.15, 0.2) is 11.4 Å². The SMILES string of the molecule is O=C(O)c1ncccc1Oc1cccc(I)c1. The topological polar surface area (TPSA) is 59.4 Å². The van der Waals surface area contributed by atoms with Crippen molar-refractivity contribution in [1.82, 2.24) is 4.98 Å². The van der Waals surface area contributed by atoms with Gasteiger partial charge < -0.3 is 9.84 Å². The number of nitrogens with zero attached hydrogens (tertiary/aromatic N) is 1. The number of pyridine rings is 1. The molecule has 1 aromatic carbocycles. The maximum Gasteiger partial charge on any atom is 0.358 e. The van der Waals surface area contributed by atoms with Crippen molar-refractivity contribution < 1.29 is 14.6 Å². The number of carbonyl (C=O) groups is 1.